The van der Waals surface area contributed by atoms with Crippen LogP contribution in [0.25, 0.3) is 0 Å². The maximum Gasteiger partial charge on any atom is 0.316 e. The molecule has 3 rings (SSSR count). The Hall–Kier alpha value is -2.12. The van der Waals surface area contributed by atoms with Gasteiger partial charge in [-0.3, -0.25) is 14.4 Å². The summed E-state index contributed by atoms with van der Waals surface area (Å²) in [6.07, 6.45) is 0. The number of ketones is 1. The smallest absolute Gasteiger partial charge is 0.316 e. The van der Waals surface area contributed by atoms with Gasteiger partial charge in [0.1, 0.15) is 0 Å². The Morgan fingerprint density at radius 1 is 1.32 bits per heavy atom. The van der Waals surface area contributed by atoms with Gasteiger partial charge in [-0.2, -0.15) is 0 Å². The zero-order chi connectivity index (χ0) is 17.8. The van der Waals surface area contributed by atoms with Crippen LogP contribution in [0.2, 0.25) is 0 Å². The molecule has 0 bridgehead atoms. The summed E-state index contributed by atoms with van der Waals surface area (Å²) < 4.78 is 5.06. The fraction of sp³-hybridized carbons (Fsp3) is 0.278. The number of esters is 1. The molecule has 1 aliphatic rings. The van der Waals surface area contributed by atoms with Crippen molar-refractivity contribution in [3.05, 3.63) is 51.7 Å². The highest BCUT2D eigenvalue weighted by Crippen LogP contribution is 2.32. The van der Waals surface area contributed by atoms with Gasteiger partial charge in [-0.15, -0.1) is 23.1 Å². The summed E-state index contributed by atoms with van der Waals surface area (Å²) in [4.78, 5) is 36.8. The van der Waals surface area contributed by atoms with Crippen LogP contribution in [-0.4, -0.2) is 30.0 Å². The molecule has 0 saturated carbocycles. The topological polar surface area (TPSA) is 72.5 Å². The van der Waals surface area contributed by atoms with Crippen LogP contribution in [0.5, 0.6) is 0 Å². The Morgan fingerprint density at radius 2 is 2.16 bits per heavy atom. The zero-order valence-corrected chi connectivity index (χ0v) is 15.2. The lowest BCUT2D eigenvalue weighted by molar-refractivity contribution is -0.139. The maximum absolute atomic E-state index is 12.2. The molecule has 1 aliphatic heterocycles. The second-order valence-corrected chi connectivity index (χ2v) is 7.69. The van der Waals surface area contributed by atoms with E-state index in [4.69, 9.17) is 4.74 Å². The van der Waals surface area contributed by atoms with Gasteiger partial charge in [-0.25, -0.2) is 0 Å². The first-order valence-corrected chi connectivity index (χ1v) is 9.82. The number of hydrogen-bond acceptors (Lipinski definition) is 6. The number of fused-ring (bicyclic) bond motifs is 1. The molecular weight excluding hydrogens is 358 g/mol. The van der Waals surface area contributed by atoms with Crippen molar-refractivity contribution in [2.45, 2.75) is 18.6 Å². The van der Waals surface area contributed by atoms with Crippen molar-refractivity contribution < 1.29 is 19.1 Å². The van der Waals surface area contributed by atoms with Gasteiger partial charge in [-0.1, -0.05) is 6.07 Å². The van der Waals surface area contributed by atoms with E-state index in [9.17, 15) is 14.4 Å². The molecule has 1 atom stereocenters. The Kier molecular flexibility index (Phi) is 5.55. The van der Waals surface area contributed by atoms with Crippen LogP contribution in [0.15, 0.2) is 35.7 Å². The predicted molar refractivity (Wildman–Crippen MR) is 99.3 cm³/mol. The summed E-state index contributed by atoms with van der Waals surface area (Å²) in [7, 11) is 0. The lowest BCUT2D eigenvalue weighted by Gasteiger charge is -2.07. The van der Waals surface area contributed by atoms with Gasteiger partial charge < -0.3 is 10.1 Å². The van der Waals surface area contributed by atoms with E-state index in [-0.39, 0.29) is 30.0 Å². The molecule has 7 heteroatoms. The van der Waals surface area contributed by atoms with Crippen LogP contribution in [0, 0.1) is 0 Å². The van der Waals surface area contributed by atoms with Crippen molar-refractivity contribution in [2.24, 2.45) is 0 Å². The Balaban J connectivity index is 1.48. The van der Waals surface area contributed by atoms with Crippen LogP contribution in [0.1, 0.15) is 33.6 Å². The van der Waals surface area contributed by atoms with E-state index in [1.54, 1.807) is 36.5 Å². The average Bonchev–Trinajstić information content (AvgIpc) is 3.21. The second kappa shape index (κ2) is 7.84. The van der Waals surface area contributed by atoms with E-state index in [1.165, 1.54) is 16.6 Å². The zero-order valence-electron chi connectivity index (χ0n) is 13.6. The van der Waals surface area contributed by atoms with E-state index in [1.807, 2.05) is 17.5 Å². The molecular formula is C18H17NO4S2. The quantitative estimate of drug-likeness (QED) is 0.593. The van der Waals surface area contributed by atoms with Crippen molar-refractivity contribution >= 4 is 46.4 Å². The first-order valence-electron chi connectivity index (χ1n) is 7.78. The molecule has 0 fully saturated rings. The lowest BCUT2D eigenvalue weighted by atomic mass is 9.99. The van der Waals surface area contributed by atoms with Crippen LogP contribution in [0.3, 0.4) is 0 Å². The number of nitrogens with one attached hydrogen (secondary N) is 1. The summed E-state index contributed by atoms with van der Waals surface area (Å²) >= 11 is 3.11. The highest BCUT2D eigenvalue weighted by Gasteiger charge is 2.27. The van der Waals surface area contributed by atoms with E-state index >= 15 is 0 Å². The summed E-state index contributed by atoms with van der Waals surface area (Å²) in [5.41, 5.74) is 1.98. The molecule has 2 aromatic rings. The molecule has 0 radical (unpaired) electrons. The molecule has 0 aliphatic carbocycles. The van der Waals surface area contributed by atoms with Gasteiger partial charge >= 0.3 is 5.97 Å². The minimum absolute atomic E-state index is 0.0752. The van der Waals surface area contributed by atoms with Gasteiger partial charge in [-0.05, 0) is 42.1 Å². The third-order valence-corrected chi connectivity index (χ3v) is 5.91. The monoisotopic (exact) mass is 375 g/mol. The number of ether oxygens (including phenoxy) is 1. The Bertz CT molecular complexity index is 801. The largest absolute Gasteiger partial charge is 0.457 e. The minimum Gasteiger partial charge on any atom is -0.457 e. The average molecular weight is 375 g/mol. The number of Topliss-reactive ketones (excluding diaryl/α,β-unsaturated/α-hetero) is 1. The van der Waals surface area contributed by atoms with Gasteiger partial charge in [0, 0.05) is 21.9 Å². The van der Waals surface area contributed by atoms with Gasteiger partial charge in [0.05, 0.1) is 11.7 Å². The SMILES string of the molecule is C[C@@H]1C(=O)Nc2ccc(C(=O)COC(=O)CSCc3cccs3)cc21. The molecule has 0 spiro atoms. The first-order chi connectivity index (χ1) is 12.0. The van der Waals surface area contributed by atoms with Gasteiger partial charge in [0.2, 0.25) is 5.91 Å². The summed E-state index contributed by atoms with van der Waals surface area (Å²) in [6.45, 7) is 1.51. The van der Waals surface area contributed by atoms with E-state index in [0.29, 0.717) is 5.56 Å². The number of rotatable bonds is 7. The second-order valence-electron chi connectivity index (χ2n) is 5.67. The summed E-state index contributed by atoms with van der Waals surface area (Å²) in [5, 5.41) is 4.75. The highest BCUT2D eigenvalue weighted by molar-refractivity contribution is 7.99. The highest BCUT2D eigenvalue weighted by atomic mass is 32.2. The van der Waals surface area contributed by atoms with E-state index in [0.717, 1.165) is 17.0 Å². The number of carbonyl (C=O) groups excluding carboxylic acids is 3. The van der Waals surface area contributed by atoms with Gasteiger partial charge in [0.15, 0.2) is 12.4 Å². The molecule has 0 unspecified atom stereocenters. The van der Waals surface area contributed by atoms with E-state index in [2.05, 4.69) is 5.32 Å². The van der Waals surface area contributed by atoms with Crippen LogP contribution >= 0.6 is 23.1 Å². The molecule has 2 heterocycles. The van der Waals surface area contributed by atoms with Crippen molar-refractivity contribution in [1.29, 1.82) is 0 Å². The van der Waals surface area contributed by atoms with Crippen molar-refractivity contribution in [3.8, 4) is 0 Å². The number of carbonyl (C=O) groups is 3. The standard InChI is InChI=1S/C18H17NO4S2/c1-11-14-7-12(4-5-15(14)19-18(11)22)16(20)8-23-17(21)10-24-9-13-3-2-6-25-13/h2-7,11H,8-10H2,1H3,(H,19,22)/t11-/m0/s1. The number of thiophene rings is 1. The third kappa shape index (κ3) is 4.29. The number of benzene rings is 1. The molecule has 1 aromatic carbocycles. The molecule has 5 nitrogen and oxygen atoms in total. The number of thioether (sulfide) groups is 1. The lowest BCUT2D eigenvalue weighted by Crippen LogP contribution is -2.15. The molecule has 1 aromatic heterocycles. The molecule has 0 saturated heterocycles. The molecule has 130 valence electrons. The van der Waals surface area contributed by atoms with Crippen molar-refractivity contribution in [3.63, 3.8) is 0 Å². The summed E-state index contributed by atoms with van der Waals surface area (Å²) in [5.74, 6) is -0.0603. The number of hydrogen-bond donors (Lipinski definition) is 1. The Labute approximate surface area is 153 Å². The molecule has 1 N–H and O–H groups in total. The van der Waals surface area contributed by atoms with Crippen LogP contribution in [0.4, 0.5) is 5.69 Å². The van der Waals surface area contributed by atoms with E-state index < -0.39 is 5.97 Å². The van der Waals surface area contributed by atoms with Crippen LogP contribution in [-0.2, 0) is 20.1 Å². The summed E-state index contributed by atoms with van der Waals surface area (Å²) in [6, 6.07) is 9.03. The maximum atomic E-state index is 12.2. The van der Waals surface area contributed by atoms with Crippen LogP contribution < -0.4 is 5.32 Å². The molecule has 25 heavy (non-hydrogen) atoms. The first kappa shape index (κ1) is 17.7. The Morgan fingerprint density at radius 3 is 2.92 bits per heavy atom. The normalized spacial score (nSPS) is 15.6. The van der Waals surface area contributed by atoms with Gasteiger partial charge in [0.25, 0.3) is 0 Å². The number of anilines is 1. The fourth-order valence-electron chi connectivity index (χ4n) is 2.49. The number of amides is 1. The fourth-order valence-corrected chi connectivity index (χ4v) is 4.15. The van der Waals surface area contributed by atoms with Crippen molar-refractivity contribution in [2.75, 3.05) is 17.7 Å². The third-order valence-electron chi connectivity index (χ3n) is 3.90. The van der Waals surface area contributed by atoms with Crippen molar-refractivity contribution in [1.82, 2.24) is 0 Å². The minimum atomic E-state index is -0.402. The predicted octanol–water partition coefficient (Wildman–Crippen LogP) is 3.46. The molecule has 1 amide bonds.